The summed E-state index contributed by atoms with van der Waals surface area (Å²) in [5.41, 5.74) is 6.90. The number of ether oxygens (including phenoxy) is 2. The van der Waals surface area contributed by atoms with E-state index < -0.39 is 10.8 Å². The van der Waals surface area contributed by atoms with Crippen molar-refractivity contribution in [3.63, 3.8) is 0 Å². The van der Waals surface area contributed by atoms with Gasteiger partial charge in [0.25, 0.3) is 11.4 Å². The zero-order valence-electron chi connectivity index (χ0n) is 31.9. The largest absolute Gasteiger partial charge is 0.491 e. The molecule has 0 fully saturated rings. The van der Waals surface area contributed by atoms with Crippen LogP contribution in [0, 0.1) is 20.2 Å². The van der Waals surface area contributed by atoms with Crippen molar-refractivity contribution in [3.8, 4) is 11.5 Å². The van der Waals surface area contributed by atoms with E-state index in [1.165, 1.54) is 0 Å². The molecule has 0 saturated heterocycles. The molecule has 10 nitrogen and oxygen atoms in total. The number of fused-ring (bicyclic) bond motifs is 2. The Morgan fingerprint density at radius 2 is 1.21 bits per heavy atom. The number of nitro groups is 2. The summed E-state index contributed by atoms with van der Waals surface area (Å²) >= 11 is 0. The molecule has 0 aromatic heterocycles. The highest BCUT2D eigenvalue weighted by atomic mass is 16.6. The molecule has 0 bridgehead atoms. The zero-order chi connectivity index (χ0) is 38.2. The minimum atomic E-state index is -0.585. The number of anilines is 1. The van der Waals surface area contributed by atoms with E-state index in [0.717, 1.165) is 69.4 Å². The molecule has 0 unspecified atom stereocenters. The van der Waals surface area contributed by atoms with E-state index in [-0.39, 0.29) is 33.4 Å². The van der Waals surface area contributed by atoms with E-state index in [1.54, 1.807) is 24.3 Å². The molecular weight excluding hydrogens is 668 g/mol. The van der Waals surface area contributed by atoms with Crippen molar-refractivity contribution in [1.82, 2.24) is 0 Å². The van der Waals surface area contributed by atoms with E-state index in [9.17, 15) is 20.2 Å². The van der Waals surface area contributed by atoms with Gasteiger partial charge < -0.3 is 14.4 Å². The summed E-state index contributed by atoms with van der Waals surface area (Å²) in [4.78, 5) is 25.5. The Bertz CT molecular complexity index is 2100. The maximum atomic E-state index is 11.9. The lowest BCUT2D eigenvalue weighted by Gasteiger charge is -2.28. The van der Waals surface area contributed by atoms with Crippen molar-refractivity contribution >= 4 is 28.5 Å². The Hall–Kier alpha value is -5.51. The van der Waals surface area contributed by atoms with Gasteiger partial charge >= 0.3 is 0 Å². The average molecular weight is 718 g/mol. The normalized spacial score (nSPS) is 16.3. The first-order chi connectivity index (χ1) is 25.1. The van der Waals surface area contributed by atoms with Gasteiger partial charge in [-0.15, -0.1) is 0 Å². The molecule has 0 aliphatic carbocycles. The average Bonchev–Trinajstić information content (AvgIpc) is 3.44. The lowest BCUT2D eigenvalue weighted by molar-refractivity contribution is -0.437. The van der Waals surface area contributed by atoms with E-state index in [2.05, 4.69) is 67.5 Å². The van der Waals surface area contributed by atoms with Crippen molar-refractivity contribution in [3.05, 3.63) is 139 Å². The van der Waals surface area contributed by atoms with Crippen LogP contribution in [0.3, 0.4) is 0 Å². The molecule has 2 aliphatic rings. The van der Waals surface area contributed by atoms with Gasteiger partial charge in [0.05, 0.1) is 27.5 Å². The van der Waals surface area contributed by atoms with E-state index in [1.807, 2.05) is 64.1 Å². The van der Waals surface area contributed by atoms with E-state index >= 15 is 0 Å². The van der Waals surface area contributed by atoms with Crippen LogP contribution < -0.4 is 14.4 Å². The number of nitrogens with zero attached hydrogens (tertiary/aromatic N) is 4. The lowest BCUT2D eigenvalue weighted by Crippen LogP contribution is -2.34. The third-order valence-electron chi connectivity index (χ3n) is 10.3. The number of nitro benzene ring substituents is 2. The Kier molecular flexibility index (Phi) is 10.2. The fraction of sp³-hybridized carbons (Fsp3) is 0.372. The molecule has 2 heterocycles. The number of non-ortho nitro benzene ring substituents is 2. The van der Waals surface area contributed by atoms with Crippen molar-refractivity contribution in [1.29, 1.82) is 0 Å². The van der Waals surface area contributed by atoms with E-state index in [0.29, 0.717) is 13.1 Å². The Morgan fingerprint density at radius 3 is 1.74 bits per heavy atom. The monoisotopic (exact) mass is 717 g/mol. The van der Waals surface area contributed by atoms with Crippen LogP contribution in [0.15, 0.2) is 96.7 Å². The fourth-order valence-electron chi connectivity index (χ4n) is 7.58. The molecule has 2 aliphatic heterocycles. The molecule has 6 rings (SSSR count). The molecule has 4 aromatic carbocycles. The van der Waals surface area contributed by atoms with Crippen molar-refractivity contribution in [2.24, 2.45) is 0 Å². The minimum absolute atomic E-state index is 0.0544. The number of hydrogen-bond donors (Lipinski definition) is 0. The highest BCUT2D eigenvalue weighted by Gasteiger charge is 2.48. The summed E-state index contributed by atoms with van der Waals surface area (Å²) in [7, 11) is 0. The third kappa shape index (κ3) is 7.54. The Morgan fingerprint density at radius 1 is 0.698 bits per heavy atom. The standard InChI is InChI=1S/C43H49N4O6/c1-28(2)52-34-15-9-30(10-16-34)21-23-44-38-19-13-32(46(48)49)25-36(38)42(5,6)40(44)27-41-43(7,8)37-26-33(47(50)51)14-20-39(37)45(41)24-22-31-11-17-35(18-12-31)53-29(3)4/h9-20,25-29H,21-24H2,1-8H3/q+1. The molecule has 0 amide bonds. The smallest absolute Gasteiger partial charge is 0.270 e. The SMILES string of the molecule is CC(C)Oc1ccc(CCN2C(=CC3=[N+](CCc4ccc(OC(C)C)cc4)c4ccc([N+](=O)[O-])cc4C3(C)C)C(C)(C)c3cc([N+](=O)[O-])ccc32)cc1. The zero-order valence-corrected chi connectivity index (χ0v) is 31.9. The molecule has 0 saturated carbocycles. The molecule has 0 radical (unpaired) electrons. The van der Waals surface area contributed by atoms with Crippen molar-refractivity contribution in [2.75, 3.05) is 18.0 Å². The molecule has 276 valence electrons. The van der Waals surface area contributed by atoms with Gasteiger partial charge in [-0.2, -0.15) is 4.58 Å². The summed E-state index contributed by atoms with van der Waals surface area (Å²) < 4.78 is 14.0. The molecule has 0 spiro atoms. The first-order valence-electron chi connectivity index (χ1n) is 18.3. The van der Waals surface area contributed by atoms with Crippen molar-refractivity contribution < 1.29 is 23.9 Å². The number of hydrogen-bond acceptors (Lipinski definition) is 7. The quantitative estimate of drug-likeness (QED) is 0.0769. The van der Waals surface area contributed by atoms with Crippen LogP contribution in [0.4, 0.5) is 22.7 Å². The van der Waals surface area contributed by atoms with Crippen LogP contribution in [0.2, 0.25) is 0 Å². The predicted octanol–water partition coefficient (Wildman–Crippen LogP) is 9.62. The van der Waals surface area contributed by atoms with Crippen LogP contribution in [-0.2, 0) is 23.7 Å². The van der Waals surface area contributed by atoms with Gasteiger partial charge in [-0.3, -0.25) is 20.2 Å². The van der Waals surface area contributed by atoms with Gasteiger partial charge in [-0.25, -0.2) is 0 Å². The molecule has 0 N–H and O–H groups in total. The Balaban J connectivity index is 1.44. The van der Waals surface area contributed by atoms with Crippen LogP contribution in [0.25, 0.3) is 0 Å². The van der Waals surface area contributed by atoms with Crippen LogP contribution in [-0.4, -0.2) is 45.4 Å². The summed E-state index contributed by atoms with van der Waals surface area (Å²) in [6.07, 6.45) is 3.87. The second-order valence-electron chi connectivity index (χ2n) is 15.5. The summed E-state index contributed by atoms with van der Waals surface area (Å²) in [6.45, 7) is 17.8. The van der Waals surface area contributed by atoms with Gasteiger partial charge in [-0.05, 0) is 95.0 Å². The number of allylic oxidation sites excluding steroid dienone is 2. The first kappa shape index (κ1) is 37.3. The predicted molar refractivity (Wildman–Crippen MR) is 209 cm³/mol. The maximum Gasteiger partial charge on any atom is 0.270 e. The summed E-state index contributed by atoms with van der Waals surface area (Å²) in [5, 5.41) is 23.9. The number of benzene rings is 4. The summed E-state index contributed by atoms with van der Waals surface area (Å²) in [6, 6.07) is 26.6. The van der Waals surface area contributed by atoms with Crippen LogP contribution in [0.1, 0.15) is 77.6 Å². The lowest BCUT2D eigenvalue weighted by atomic mass is 9.78. The fourth-order valence-corrected chi connectivity index (χ4v) is 7.58. The minimum Gasteiger partial charge on any atom is -0.491 e. The molecule has 4 aromatic rings. The molecule has 0 atom stereocenters. The maximum absolute atomic E-state index is 11.9. The second-order valence-corrected chi connectivity index (χ2v) is 15.5. The van der Waals surface area contributed by atoms with Crippen LogP contribution in [0.5, 0.6) is 11.5 Å². The molecular formula is C43H49N4O6+. The van der Waals surface area contributed by atoms with Gasteiger partial charge in [0, 0.05) is 71.7 Å². The second kappa shape index (κ2) is 14.5. The van der Waals surface area contributed by atoms with Crippen molar-refractivity contribution in [2.45, 2.75) is 91.3 Å². The Labute approximate surface area is 311 Å². The van der Waals surface area contributed by atoms with Gasteiger partial charge in [0.2, 0.25) is 5.69 Å². The van der Waals surface area contributed by atoms with Gasteiger partial charge in [0.15, 0.2) is 12.3 Å². The molecule has 10 heteroatoms. The highest BCUT2D eigenvalue weighted by molar-refractivity contribution is 6.04. The topological polar surface area (TPSA) is 111 Å². The van der Waals surface area contributed by atoms with Gasteiger partial charge in [0.1, 0.15) is 11.5 Å². The highest BCUT2D eigenvalue weighted by Crippen LogP contribution is 2.50. The number of rotatable bonds is 13. The van der Waals surface area contributed by atoms with Gasteiger partial charge in [-0.1, -0.05) is 38.1 Å². The summed E-state index contributed by atoms with van der Waals surface area (Å²) in [5.74, 6) is 1.65. The van der Waals surface area contributed by atoms with Crippen LogP contribution >= 0.6 is 0 Å². The third-order valence-corrected chi connectivity index (χ3v) is 10.3. The molecule has 53 heavy (non-hydrogen) atoms. The first-order valence-corrected chi connectivity index (χ1v) is 18.3. The van der Waals surface area contributed by atoms with E-state index in [4.69, 9.17) is 9.47 Å².